The molecule has 1 amide bonds. The van der Waals surface area contributed by atoms with Crippen LogP contribution in [0.25, 0.3) is 0 Å². The van der Waals surface area contributed by atoms with Crippen molar-refractivity contribution >= 4 is 23.1 Å². The monoisotopic (exact) mass is 405 g/mol. The highest BCUT2D eigenvalue weighted by Crippen LogP contribution is 2.31. The van der Waals surface area contributed by atoms with E-state index in [1.54, 1.807) is 30.3 Å². The number of hydrogen-bond acceptors (Lipinski definition) is 4. The molecule has 1 aliphatic heterocycles. The predicted molar refractivity (Wildman–Crippen MR) is 105 cm³/mol. The SMILES string of the molecule is CC(=O)c1ccccc1NC(=O)CN1CCN(c2cccc(C(F)(F)F)c2)CC1. The fourth-order valence-corrected chi connectivity index (χ4v) is 3.34. The van der Waals surface area contributed by atoms with Gasteiger partial charge in [-0.1, -0.05) is 18.2 Å². The van der Waals surface area contributed by atoms with Crippen molar-refractivity contribution in [2.45, 2.75) is 13.1 Å². The molecule has 1 saturated heterocycles. The second-order valence-corrected chi connectivity index (χ2v) is 6.96. The molecule has 0 bridgehead atoms. The van der Waals surface area contributed by atoms with Crippen molar-refractivity contribution in [1.82, 2.24) is 4.90 Å². The number of para-hydroxylation sites is 1. The van der Waals surface area contributed by atoms with Gasteiger partial charge in [-0.25, -0.2) is 0 Å². The number of nitrogens with zero attached hydrogens (tertiary/aromatic N) is 2. The average Bonchev–Trinajstić information content (AvgIpc) is 2.68. The van der Waals surface area contributed by atoms with Gasteiger partial charge in [-0.2, -0.15) is 13.2 Å². The van der Waals surface area contributed by atoms with Crippen molar-refractivity contribution in [3.63, 3.8) is 0 Å². The van der Waals surface area contributed by atoms with Gasteiger partial charge in [0.05, 0.1) is 17.8 Å². The van der Waals surface area contributed by atoms with E-state index in [0.29, 0.717) is 43.1 Å². The lowest BCUT2D eigenvalue weighted by Crippen LogP contribution is -2.48. The number of anilines is 2. The zero-order valence-electron chi connectivity index (χ0n) is 16.0. The number of hydrogen-bond donors (Lipinski definition) is 1. The molecule has 1 N–H and O–H groups in total. The molecule has 8 heteroatoms. The molecule has 0 aromatic heterocycles. The highest BCUT2D eigenvalue weighted by Gasteiger charge is 2.31. The van der Waals surface area contributed by atoms with E-state index >= 15 is 0 Å². The average molecular weight is 405 g/mol. The molecule has 0 radical (unpaired) electrons. The topological polar surface area (TPSA) is 52.7 Å². The van der Waals surface area contributed by atoms with Crippen molar-refractivity contribution in [2.24, 2.45) is 0 Å². The Bertz CT molecular complexity index is 891. The summed E-state index contributed by atoms with van der Waals surface area (Å²) in [5, 5.41) is 2.77. The van der Waals surface area contributed by atoms with Crippen molar-refractivity contribution in [1.29, 1.82) is 0 Å². The number of amides is 1. The zero-order valence-corrected chi connectivity index (χ0v) is 16.0. The molecule has 154 valence electrons. The standard InChI is InChI=1S/C21H22F3N3O2/c1-15(28)18-7-2-3-8-19(18)25-20(29)14-26-9-11-27(12-10-26)17-6-4-5-16(13-17)21(22,23)24/h2-8,13H,9-12,14H2,1H3,(H,25,29). The molecule has 3 rings (SSSR count). The summed E-state index contributed by atoms with van der Waals surface area (Å²) in [6, 6.07) is 12.1. The van der Waals surface area contributed by atoms with Crippen LogP contribution in [0.3, 0.4) is 0 Å². The Kier molecular flexibility index (Phi) is 6.22. The van der Waals surface area contributed by atoms with E-state index in [2.05, 4.69) is 5.32 Å². The first-order chi connectivity index (χ1) is 13.7. The summed E-state index contributed by atoms with van der Waals surface area (Å²) in [5.41, 5.74) is 0.795. The Labute approximate surface area is 167 Å². The maximum Gasteiger partial charge on any atom is 0.416 e. The van der Waals surface area contributed by atoms with Crippen LogP contribution in [0, 0.1) is 0 Å². The van der Waals surface area contributed by atoms with Gasteiger partial charge < -0.3 is 10.2 Å². The minimum absolute atomic E-state index is 0.129. The van der Waals surface area contributed by atoms with Crippen LogP contribution in [-0.2, 0) is 11.0 Å². The maximum atomic E-state index is 12.9. The number of piperazine rings is 1. The first kappa shape index (κ1) is 20.9. The van der Waals surface area contributed by atoms with E-state index in [4.69, 9.17) is 0 Å². The third-order valence-corrected chi connectivity index (χ3v) is 4.86. The van der Waals surface area contributed by atoms with E-state index < -0.39 is 11.7 Å². The van der Waals surface area contributed by atoms with Gasteiger partial charge in [0.2, 0.25) is 5.91 Å². The van der Waals surface area contributed by atoms with E-state index in [1.807, 2.05) is 9.80 Å². The smallest absolute Gasteiger partial charge is 0.369 e. The largest absolute Gasteiger partial charge is 0.416 e. The summed E-state index contributed by atoms with van der Waals surface area (Å²) in [6.07, 6.45) is -4.37. The Morgan fingerprint density at radius 1 is 1.00 bits per heavy atom. The summed E-state index contributed by atoms with van der Waals surface area (Å²) in [6.45, 7) is 3.76. The van der Waals surface area contributed by atoms with Gasteiger partial charge in [0.25, 0.3) is 0 Å². The predicted octanol–water partition coefficient (Wildman–Crippen LogP) is 3.67. The highest BCUT2D eigenvalue weighted by atomic mass is 19.4. The molecule has 0 unspecified atom stereocenters. The van der Waals surface area contributed by atoms with Gasteiger partial charge >= 0.3 is 6.18 Å². The first-order valence-corrected chi connectivity index (χ1v) is 9.28. The minimum Gasteiger partial charge on any atom is -0.369 e. The Balaban J connectivity index is 1.55. The lowest BCUT2D eigenvalue weighted by Gasteiger charge is -2.36. The van der Waals surface area contributed by atoms with Crippen LogP contribution in [-0.4, -0.2) is 49.3 Å². The van der Waals surface area contributed by atoms with Crippen molar-refractivity contribution < 1.29 is 22.8 Å². The summed E-state index contributed by atoms with van der Waals surface area (Å²) in [4.78, 5) is 27.8. The summed E-state index contributed by atoms with van der Waals surface area (Å²) in [5.74, 6) is -0.359. The Morgan fingerprint density at radius 3 is 2.34 bits per heavy atom. The molecule has 2 aromatic carbocycles. The second-order valence-electron chi connectivity index (χ2n) is 6.96. The molecule has 1 heterocycles. The number of halogens is 3. The Morgan fingerprint density at radius 2 is 1.69 bits per heavy atom. The first-order valence-electron chi connectivity index (χ1n) is 9.28. The molecule has 0 atom stereocenters. The molecule has 0 saturated carbocycles. The second kappa shape index (κ2) is 8.65. The van der Waals surface area contributed by atoms with Crippen LogP contribution in [0.2, 0.25) is 0 Å². The van der Waals surface area contributed by atoms with Crippen LogP contribution in [0.5, 0.6) is 0 Å². The van der Waals surface area contributed by atoms with Gasteiger partial charge in [-0.05, 0) is 37.3 Å². The molecule has 1 aliphatic rings. The van der Waals surface area contributed by atoms with E-state index in [9.17, 15) is 22.8 Å². The molecular weight excluding hydrogens is 383 g/mol. The quantitative estimate of drug-likeness (QED) is 0.772. The number of carbonyl (C=O) groups is 2. The molecule has 2 aromatic rings. The third-order valence-electron chi connectivity index (χ3n) is 4.86. The third kappa shape index (κ3) is 5.35. The normalized spacial score (nSPS) is 15.2. The zero-order chi connectivity index (χ0) is 21.0. The summed E-state index contributed by atoms with van der Waals surface area (Å²) >= 11 is 0. The van der Waals surface area contributed by atoms with Crippen LogP contribution in [0.4, 0.5) is 24.5 Å². The van der Waals surface area contributed by atoms with Crippen molar-refractivity contribution in [3.05, 3.63) is 59.7 Å². The molecular formula is C21H22F3N3O2. The van der Waals surface area contributed by atoms with E-state index in [1.165, 1.54) is 13.0 Å². The number of Topliss-reactive ketones (excluding diaryl/α,β-unsaturated/α-hetero) is 1. The van der Waals surface area contributed by atoms with Gasteiger partial charge in [0, 0.05) is 37.4 Å². The van der Waals surface area contributed by atoms with Crippen molar-refractivity contribution in [3.8, 4) is 0 Å². The molecule has 5 nitrogen and oxygen atoms in total. The number of nitrogens with one attached hydrogen (secondary N) is 1. The van der Waals surface area contributed by atoms with Crippen LogP contribution in [0.15, 0.2) is 48.5 Å². The number of ketones is 1. The van der Waals surface area contributed by atoms with E-state index in [0.717, 1.165) is 12.1 Å². The fraction of sp³-hybridized carbons (Fsp3) is 0.333. The molecule has 29 heavy (non-hydrogen) atoms. The van der Waals surface area contributed by atoms with Crippen LogP contribution < -0.4 is 10.2 Å². The molecule has 0 spiro atoms. The number of benzene rings is 2. The highest BCUT2D eigenvalue weighted by molar-refractivity contribution is 6.04. The van der Waals surface area contributed by atoms with Gasteiger partial charge in [0.1, 0.15) is 0 Å². The number of carbonyl (C=O) groups excluding carboxylic acids is 2. The van der Waals surface area contributed by atoms with Gasteiger partial charge in [-0.15, -0.1) is 0 Å². The lowest BCUT2D eigenvalue weighted by atomic mass is 10.1. The van der Waals surface area contributed by atoms with Crippen molar-refractivity contribution in [2.75, 3.05) is 42.9 Å². The summed E-state index contributed by atoms with van der Waals surface area (Å²) < 4.78 is 38.7. The maximum absolute atomic E-state index is 12.9. The van der Waals surface area contributed by atoms with E-state index in [-0.39, 0.29) is 18.2 Å². The fourth-order valence-electron chi connectivity index (χ4n) is 3.34. The number of alkyl halides is 3. The van der Waals surface area contributed by atoms with Gasteiger partial charge in [0.15, 0.2) is 5.78 Å². The summed E-state index contributed by atoms with van der Waals surface area (Å²) in [7, 11) is 0. The lowest BCUT2D eigenvalue weighted by molar-refractivity contribution is -0.137. The van der Waals surface area contributed by atoms with Crippen LogP contribution >= 0.6 is 0 Å². The molecule has 1 fully saturated rings. The minimum atomic E-state index is -4.37. The number of rotatable bonds is 5. The Hall–Kier alpha value is -2.87. The molecule has 0 aliphatic carbocycles. The van der Waals surface area contributed by atoms with Gasteiger partial charge in [-0.3, -0.25) is 14.5 Å². The van der Waals surface area contributed by atoms with Crippen LogP contribution in [0.1, 0.15) is 22.8 Å².